The first kappa shape index (κ1) is 15.3. The van der Waals surface area contributed by atoms with Crippen LogP contribution in [0.1, 0.15) is 19.8 Å². The lowest BCUT2D eigenvalue weighted by Crippen LogP contribution is -2.48. The Morgan fingerprint density at radius 1 is 1.42 bits per heavy atom. The molecule has 1 unspecified atom stereocenters. The fraction of sp³-hybridized carbons (Fsp3) is 0.750. The Bertz CT molecular complexity index is 359. The Morgan fingerprint density at radius 2 is 2.11 bits per heavy atom. The van der Waals surface area contributed by atoms with Crippen LogP contribution in [0.2, 0.25) is 0 Å². The van der Waals surface area contributed by atoms with E-state index in [1.54, 1.807) is 14.0 Å². The number of carbonyl (C=O) groups is 3. The number of nitrogens with two attached hydrogens (primary N) is 1. The minimum atomic E-state index is -0.509. The largest absolute Gasteiger partial charge is 0.465 e. The fourth-order valence-corrected chi connectivity index (χ4v) is 2.17. The monoisotopic (exact) mass is 271 g/mol. The molecule has 3 amide bonds. The highest BCUT2D eigenvalue weighted by Gasteiger charge is 2.30. The topological polar surface area (TPSA) is 92.9 Å². The Labute approximate surface area is 112 Å². The summed E-state index contributed by atoms with van der Waals surface area (Å²) in [4.78, 5) is 37.4. The summed E-state index contributed by atoms with van der Waals surface area (Å²) in [6.07, 6.45) is 1.45. The van der Waals surface area contributed by atoms with Gasteiger partial charge in [0.1, 0.15) is 6.54 Å². The number of rotatable bonds is 4. The van der Waals surface area contributed by atoms with Crippen LogP contribution >= 0.6 is 0 Å². The maximum absolute atomic E-state index is 12.1. The third kappa shape index (κ3) is 4.42. The van der Waals surface area contributed by atoms with Gasteiger partial charge in [0.25, 0.3) is 0 Å². The quantitative estimate of drug-likeness (QED) is 0.716. The van der Waals surface area contributed by atoms with Crippen LogP contribution in [0.15, 0.2) is 0 Å². The van der Waals surface area contributed by atoms with Crippen LogP contribution in [0.25, 0.3) is 0 Å². The number of likely N-dealkylation sites (N-methyl/N-ethyl adjacent to an activating group) is 1. The van der Waals surface area contributed by atoms with Crippen molar-refractivity contribution in [2.75, 3.05) is 33.3 Å². The van der Waals surface area contributed by atoms with Crippen molar-refractivity contribution in [1.29, 1.82) is 0 Å². The van der Waals surface area contributed by atoms with Crippen molar-refractivity contribution < 1.29 is 19.1 Å². The molecule has 7 heteroatoms. The number of carbonyl (C=O) groups excluding carboxylic acids is 3. The molecule has 0 saturated carbocycles. The molecule has 0 radical (unpaired) electrons. The van der Waals surface area contributed by atoms with E-state index in [1.165, 1.54) is 9.80 Å². The van der Waals surface area contributed by atoms with Crippen molar-refractivity contribution in [3.63, 3.8) is 0 Å². The van der Waals surface area contributed by atoms with Gasteiger partial charge in [-0.3, -0.25) is 9.59 Å². The second-order valence-electron chi connectivity index (χ2n) is 4.62. The van der Waals surface area contributed by atoms with E-state index < -0.39 is 12.0 Å². The highest BCUT2D eigenvalue weighted by Crippen LogP contribution is 2.18. The number of esters is 1. The van der Waals surface area contributed by atoms with E-state index in [0.29, 0.717) is 26.1 Å². The summed E-state index contributed by atoms with van der Waals surface area (Å²) < 4.78 is 4.79. The lowest BCUT2D eigenvalue weighted by Gasteiger charge is -2.32. The smallest absolute Gasteiger partial charge is 0.325 e. The van der Waals surface area contributed by atoms with Crippen molar-refractivity contribution in [2.45, 2.75) is 19.8 Å². The summed E-state index contributed by atoms with van der Waals surface area (Å²) in [5, 5.41) is 0. The Hall–Kier alpha value is -1.79. The third-order valence-corrected chi connectivity index (χ3v) is 3.13. The molecule has 0 aliphatic carbocycles. The Balaban J connectivity index is 2.51. The predicted octanol–water partition coefficient (Wildman–Crippen LogP) is -0.201. The number of ether oxygens (including phenoxy) is 1. The minimum absolute atomic E-state index is 0.0697. The summed E-state index contributed by atoms with van der Waals surface area (Å²) in [5.41, 5.74) is 5.21. The van der Waals surface area contributed by atoms with Gasteiger partial charge in [0, 0.05) is 20.1 Å². The van der Waals surface area contributed by atoms with Crippen molar-refractivity contribution in [1.82, 2.24) is 9.80 Å². The van der Waals surface area contributed by atoms with E-state index in [0.717, 1.165) is 6.42 Å². The zero-order valence-corrected chi connectivity index (χ0v) is 11.4. The molecule has 0 aromatic heterocycles. The average molecular weight is 271 g/mol. The van der Waals surface area contributed by atoms with Gasteiger partial charge in [0.2, 0.25) is 5.91 Å². The van der Waals surface area contributed by atoms with Crippen LogP contribution in [0.4, 0.5) is 4.79 Å². The van der Waals surface area contributed by atoms with E-state index in [2.05, 4.69) is 0 Å². The summed E-state index contributed by atoms with van der Waals surface area (Å²) in [6, 6.07) is -0.509. The van der Waals surface area contributed by atoms with Crippen molar-refractivity contribution in [3.8, 4) is 0 Å². The summed E-state index contributed by atoms with van der Waals surface area (Å²) in [7, 11) is 1.56. The zero-order chi connectivity index (χ0) is 14.4. The molecule has 0 aromatic carbocycles. The molecule has 19 heavy (non-hydrogen) atoms. The first-order valence-electron chi connectivity index (χ1n) is 6.40. The number of urea groups is 1. The molecule has 1 fully saturated rings. The highest BCUT2D eigenvalue weighted by atomic mass is 16.5. The second kappa shape index (κ2) is 6.96. The molecule has 1 atom stereocenters. The van der Waals surface area contributed by atoms with Crippen LogP contribution in [-0.2, 0) is 14.3 Å². The Kier molecular flexibility index (Phi) is 5.59. The van der Waals surface area contributed by atoms with Gasteiger partial charge in [0.05, 0.1) is 12.5 Å². The summed E-state index contributed by atoms with van der Waals surface area (Å²) in [6.45, 7) is 2.84. The van der Waals surface area contributed by atoms with Gasteiger partial charge >= 0.3 is 12.0 Å². The van der Waals surface area contributed by atoms with Gasteiger partial charge in [-0.25, -0.2) is 4.79 Å². The number of nitrogens with zero attached hydrogens (tertiary/aromatic N) is 2. The van der Waals surface area contributed by atoms with E-state index >= 15 is 0 Å². The molecule has 7 nitrogen and oxygen atoms in total. The normalized spacial score (nSPS) is 18.8. The SMILES string of the molecule is CCOC(=O)CN(C)C(=O)C1CCCN(C(N)=O)C1. The number of primary amides is 1. The molecule has 0 spiro atoms. The van der Waals surface area contributed by atoms with Crippen molar-refractivity contribution in [2.24, 2.45) is 11.7 Å². The molecule has 2 N–H and O–H groups in total. The third-order valence-electron chi connectivity index (χ3n) is 3.13. The van der Waals surface area contributed by atoms with E-state index in [-0.39, 0.29) is 18.4 Å². The fourth-order valence-electron chi connectivity index (χ4n) is 2.17. The first-order chi connectivity index (χ1) is 8.95. The molecule has 1 aliphatic heterocycles. The van der Waals surface area contributed by atoms with E-state index in [9.17, 15) is 14.4 Å². The summed E-state index contributed by atoms with van der Waals surface area (Å²) in [5.74, 6) is -0.874. The van der Waals surface area contributed by atoms with Crippen LogP contribution < -0.4 is 5.73 Å². The molecule has 1 rings (SSSR count). The van der Waals surface area contributed by atoms with Gasteiger partial charge in [-0.15, -0.1) is 0 Å². The zero-order valence-electron chi connectivity index (χ0n) is 11.4. The van der Waals surface area contributed by atoms with Gasteiger partial charge in [-0.05, 0) is 19.8 Å². The molecule has 0 aromatic rings. The van der Waals surface area contributed by atoms with Gasteiger partial charge in [-0.1, -0.05) is 0 Å². The Morgan fingerprint density at radius 3 is 2.68 bits per heavy atom. The lowest BCUT2D eigenvalue weighted by atomic mass is 9.97. The van der Waals surface area contributed by atoms with Crippen LogP contribution in [0.5, 0.6) is 0 Å². The van der Waals surface area contributed by atoms with Crippen molar-refractivity contribution >= 4 is 17.9 Å². The first-order valence-corrected chi connectivity index (χ1v) is 6.40. The predicted molar refractivity (Wildman–Crippen MR) is 68.2 cm³/mol. The van der Waals surface area contributed by atoms with Crippen molar-refractivity contribution in [3.05, 3.63) is 0 Å². The molecular formula is C12H21N3O4. The standard InChI is InChI=1S/C12H21N3O4/c1-3-19-10(16)8-14(2)11(17)9-5-4-6-15(7-9)12(13)18/h9H,3-8H2,1-2H3,(H2,13,18). The number of amides is 3. The van der Waals surface area contributed by atoms with Gasteiger partial charge in [0.15, 0.2) is 0 Å². The molecule has 108 valence electrons. The molecular weight excluding hydrogens is 250 g/mol. The minimum Gasteiger partial charge on any atom is -0.465 e. The maximum atomic E-state index is 12.1. The van der Waals surface area contributed by atoms with Gasteiger partial charge in [-0.2, -0.15) is 0 Å². The van der Waals surface area contributed by atoms with E-state index in [4.69, 9.17) is 10.5 Å². The average Bonchev–Trinajstić information content (AvgIpc) is 2.38. The van der Waals surface area contributed by atoms with Crippen LogP contribution in [0, 0.1) is 5.92 Å². The maximum Gasteiger partial charge on any atom is 0.325 e. The number of hydrogen-bond donors (Lipinski definition) is 1. The molecule has 1 aliphatic rings. The van der Waals surface area contributed by atoms with Gasteiger partial charge < -0.3 is 20.3 Å². The highest BCUT2D eigenvalue weighted by molar-refractivity contribution is 5.84. The van der Waals surface area contributed by atoms with Crippen LogP contribution in [-0.4, -0.2) is 61.0 Å². The van der Waals surface area contributed by atoms with Crippen LogP contribution in [0.3, 0.4) is 0 Å². The number of hydrogen-bond acceptors (Lipinski definition) is 4. The lowest BCUT2D eigenvalue weighted by molar-refractivity contribution is -0.149. The number of likely N-dealkylation sites (tertiary alicyclic amines) is 1. The molecule has 1 heterocycles. The number of piperidine rings is 1. The van der Waals surface area contributed by atoms with E-state index in [1.807, 2.05) is 0 Å². The molecule has 1 saturated heterocycles. The summed E-state index contributed by atoms with van der Waals surface area (Å²) >= 11 is 0. The molecule has 0 bridgehead atoms. The second-order valence-corrected chi connectivity index (χ2v) is 4.62.